The average Bonchev–Trinajstić information content (AvgIpc) is 3.31. The fourth-order valence-corrected chi connectivity index (χ4v) is 6.38. The van der Waals surface area contributed by atoms with Gasteiger partial charge in [-0.15, -0.1) is 0 Å². The van der Waals surface area contributed by atoms with E-state index in [0.717, 1.165) is 24.3 Å². The smallest absolute Gasteiger partial charge is 0.372 e. The molecule has 4 nitrogen and oxygen atoms in total. The first-order valence-electron chi connectivity index (χ1n) is 10.2. The van der Waals surface area contributed by atoms with Crippen LogP contribution in [-0.4, -0.2) is 32.8 Å². The predicted octanol–water partition coefficient (Wildman–Crippen LogP) is 4.29. The SMILES string of the molecule is O=S(=O)(c1ccc(F)cc1)[C@@]1(c2ccc([C@@](O)(c3ccccc3)C(F)(F)F)cc2)CCNC1. The molecule has 1 saturated heterocycles. The molecule has 0 bridgehead atoms. The van der Waals surface area contributed by atoms with E-state index in [-0.39, 0.29) is 29.0 Å². The summed E-state index contributed by atoms with van der Waals surface area (Å²) >= 11 is 0. The van der Waals surface area contributed by atoms with Crippen LogP contribution < -0.4 is 5.32 Å². The summed E-state index contributed by atoms with van der Waals surface area (Å²) in [6, 6.07) is 16.0. The first kappa shape index (κ1) is 23.4. The van der Waals surface area contributed by atoms with Gasteiger partial charge >= 0.3 is 6.18 Å². The van der Waals surface area contributed by atoms with Crippen molar-refractivity contribution in [3.05, 3.63) is 101 Å². The van der Waals surface area contributed by atoms with Gasteiger partial charge < -0.3 is 10.4 Å². The van der Waals surface area contributed by atoms with Gasteiger partial charge in [0.25, 0.3) is 0 Å². The van der Waals surface area contributed by atoms with E-state index in [9.17, 15) is 31.1 Å². The Morgan fingerprint density at radius 3 is 1.94 bits per heavy atom. The summed E-state index contributed by atoms with van der Waals surface area (Å²) in [4.78, 5) is -0.0761. The Hall–Kier alpha value is -2.75. The molecule has 0 radical (unpaired) electrons. The molecule has 2 atom stereocenters. The lowest BCUT2D eigenvalue weighted by molar-refractivity contribution is -0.248. The van der Waals surface area contributed by atoms with Crippen LogP contribution in [0.1, 0.15) is 23.1 Å². The number of benzene rings is 3. The van der Waals surface area contributed by atoms with Crippen molar-refractivity contribution >= 4 is 9.84 Å². The molecule has 0 amide bonds. The molecule has 1 aliphatic rings. The van der Waals surface area contributed by atoms with E-state index in [0.29, 0.717) is 6.54 Å². The molecule has 33 heavy (non-hydrogen) atoms. The first-order valence-corrected chi connectivity index (χ1v) is 11.7. The van der Waals surface area contributed by atoms with Crippen LogP contribution in [-0.2, 0) is 20.2 Å². The maximum absolute atomic E-state index is 14.0. The molecule has 4 rings (SSSR count). The number of halogens is 4. The minimum Gasteiger partial charge on any atom is -0.372 e. The first-order chi connectivity index (χ1) is 15.5. The third-order valence-corrected chi connectivity index (χ3v) is 8.69. The standard InChI is InChI=1S/C24H21F4NO3S/c25-20-10-12-21(13-11-20)33(31,32)22(14-15-29-16-22)17-6-8-19(9-7-17)23(30,24(26,27)28)18-4-2-1-3-5-18/h1-13,29-30H,14-16H2/t22-,23-/m0/s1. The third-order valence-electron chi connectivity index (χ3n) is 6.19. The van der Waals surface area contributed by atoms with Crippen LogP contribution in [0.25, 0.3) is 0 Å². The van der Waals surface area contributed by atoms with Crippen molar-refractivity contribution in [2.45, 2.75) is 27.8 Å². The molecule has 1 fully saturated rings. The zero-order valence-corrected chi connectivity index (χ0v) is 18.1. The van der Waals surface area contributed by atoms with Crippen molar-refractivity contribution in [1.82, 2.24) is 5.32 Å². The van der Waals surface area contributed by atoms with Crippen molar-refractivity contribution < 1.29 is 31.1 Å². The van der Waals surface area contributed by atoms with Crippen LogP contribution in [0.4, 0.5) is 17.6 Å². The molecule has 1 heterocycles. The Bertz CT molecular complexity index is 1220. The zero-order chi connectivity index (χ0) is 23.9. The van der Waals surface area contributed by atoms with E-state index in [4.69, 9.17) is 0 Å². The summed E-state index contributed by atoms with van der Waals surface area (Å²) in [5.41, 5.74) is -3.74. The van der Waals surface area contributed by atoms with E-state index in [1.807, 2.05) is 0 Å². The molecule has 1 aliphatic heterocycles. The van der Waals surface area contributed by atoms with Gasteiger partial charge in [0.15, 0.2) is 9.84 Å². The topological polar surface area (TPSA) is 66.4 Å². The summed E-state index contributed by atoms with van der Waals surface area (Å²) < 4.78 is 81.0. The van der Waals surface area contributed by atoms with E-state index in [2.05, 4.69) is 5.32 Å². The van der Waals surface area contributed by atoms with Crippen molar-refractivity contribution in [3.63, 3.8) is 0 Å². The van der Waals surface area contributed by atoms with Crippen LogP contribution in [0.3, 0.4) is 0 Å². The minimum absolute atomic E-state index is 0.0499. The third kappa shape index (κ3) is 3.74. The molecule has 0 saturated carbocycles. The predicted molar refractivity (Wildman–Crippen MR) is 115 cm³/mol. The van der Waals surface area contributed by atoms with Crippen LogP contribution in [0.15, 0.2) is 83.8 Å². The molecule has 2 N–H and O–H groups in total. The highest BCUT2D eigenvalue weighted by Gasteiger charge is 2.56. The minimum atomic E-state index is -5.01. The molecule has 0 aliphatic carbocycles. The molecule has 3 aromatic rings. The monoisotopic (exact) mass is 479 g/mol. The molecule has 0 spiro atoms. The Balaban J connectivity index is 1.81. The second-order valence-electron chi connectivity index (χ2n) is 8.03. The number of aliphatic hydroxyl groups is 1. The second kappa shape index (κ2) is 8.23. The van der Waals surface area contributed by atoms with Crippen LogP contribution in [0.5, 0.6) is 0 Å². The highest BCUT2D eigenvalue weighted by atomic mass is 32.2. The van der Waals surface area contributed by atoms with Gasteiger partial charge in [-0.1, -0.05) is 54.6 Å². The fourth-order valence-electron chi connectivity index (χ4n) is 4.33. The van der Waals surface area contributed by atoms with Crippen LogP contribution in [0, 0.1) is 5.82 Å². The Morgan fingerprint density at radius 1 is 0.848 bits per heavy atom. The largest absolute Gasteiger partial charge is 0.425 e. The lowest BCUT2D eigenvalue weighted by Crippen LogP contribution is -2.43. The molecular formula is C24H21F4NO3S. The number of rotatable bonds is 5. The Labute approximate surface area is 188 Å². The molecule has 9 heteroatoms. The van der Waals surface area contributed by atoms with Gasteiger partial charge in [-0.25, -0.2) is 12.8 Å². The molecule has 174 valence electrons. The molecular weight excluding hydrogens is 458 g/mol. The average molecular weight is 479 g/mol. The lowest BCUT2D eigenvalue weighted by Gasteiger charge is -2.33. The van der Waals surface area contributed by atoms with Gasteiger partial charge in [-0.2, -0.15) is 13.2 Å². The van der Waals surface area contributed by atoms with Crippen molar-refractivity contribution in [2.75, 3.05) is 13.1 Å². The number of sulfone groups is 1. The Kier molecular flexibility index (Phi) is 5.84. The molecule has 0 aromatic heterocycles. The van der Waals surface area contributed by atoms with E-state index >= 15 is 0 Å². The van der Waals surface area contributed by atoms with Gasteiger partial charge in [-0.05, 0) is 53.9 Å². The van der Waals surface area contributed by atoms with Crippen LogP contribution >= 0.6 is 0 Å². The number of nitrogens with one attached hydrogen (secondary N) is 1. The number of alkyl halides is 3. The quantitative estimate of drug-likeness (QED) is 0.423. The Morgan fingerprint density at radius 2 is 1.42 bits per heavy atom. The lowest BCUT2D eigenvalue weighted by atomic mass is 9.84. The summed E-state index contributed by atoms with van der Waals surface area (Å²) in [6.07, 6.45) is -4.82. The highest BCUT2D eigenvalue weighted by molar-refractivity contribution is 7.92. The normalized spacial score (nSPS) is 21.0. The van der Waals surface area contributed by atoms with Gasteiger partial charge in [-0.3, -0.25) is 0 Å². The number of hydrogen-bond donors (Lipinski definition) is 2. The number of hydrogen-bond acceptors (Lipinski definition) is 4. The second-order valence-corrected chi connectivity index (χ2v) is 10.3. The van der Waals surface area contributed by atoms with Gasteiger partial charge in [0.1, 0.15) is 10.6 Å². The van der Waals surface area contributed by atoms with Gasteiger partial charge in [0.05, 0.1) is 4.90 Å². The summed E-state index contributed by atoms with van der Waals surface area (Å²) in [5, 5.41) is 13.8. The van der Waals surface area contributed by atoms with E-state index < -0.39 is 37.7 Å². The molecule has 0 unspecified atom stereocenters. The van der Waals surface area contributed by atoms with Crippen molar-refractivity contribution in [2.24, 2.45) is 0 Å². The summed E-state index contributed by atoms with van der Waals surface area (Å²) in [5.74, 6) is -0.579. The highest BCUT2D eigenvalue weighted by Crippen LogP contribution is 2.46. The molecule has 3 aromatic carbocycles. The summed E-state index contributed by atoms with van der Waals surface area (Å²) in [6.45, 7) is 0.437. The van der Waals surface area contributed by atoms with Gasteiger partial charge in [0, 0.05) is 6.54 Å². The van der Waals surface area contributed by atoms with E-state index in [1.165, 1.54) is 48.5 Å². The fraction of sp³-hybridized carbons (Fsp3) is 0.250. The zero-order valence-electron chi connectivity index (χ0n) is 17.3. The van der Waals surface area contributed by atoms with Crippen molar-refractivity contribution in [1.29, 1.82) is 0 Å². The maximum Gasteiger partial charge on any atom is 0.425 e. The van der Waals surface area contributed by atoms with E-state index in [1.54, 1.807) is 6.07 Å². The van der Waals surface area contributed by atoms with Gasteiger partial charge in [0.2, 0.25) is 5.60 Å². The summed E-state index contributed by atoms with van der Waals surface area (Å²) in [7, 11) is -4.01. The van der Waals surface area contributed by atoms with Crippen LogP contribution in [0.2, 0.25) is 0 Å². The van der Waals surface area contributed by atoms with Crippen molar-refractivity contribution in [3.8, 4) is 0 Å². The maximum atomic E-state index is 14.0.